The van der Waals surface area contributed by atoms with Gasteiger partial charge in [0.2, 0.25) is 5.91 Å². The molecule has 1 aromatic carbocycles. The SMILES string of the molecule is O=C(O)C1CN(C(=O)CS(=O)(=O)C2CCCC2)c2ccccc21. The molecule has 1 atom stereocenters. The Labute approximate surface area is 135 Å². The molecule has 1 fully saturated rings. The number of fused-ring (bicyclic) bond motifs is 1. The number of carbonyl (C=O) groups is 2. The van der Waals surface area contributed by atoms with Crippen molar-refractivity contribution in [2.45, 2.75) is 36.9 Å². The summed E-state index contributed by atoms with van der Waals surface area (Å²) in [5.41, 5.74) is 1.07. The first-order valence-electron chi connectivity index (χ1n) is 7.74. The molecule has 0 aromatic heterocycles. The van der Waals surface area contributed by atoms with E-state index in [0.29, 0.717) is 24.1 Å². The monoisotopic (exact) mass is 337 g/mol. The van der Waals surface area contributed by atoms with E-state index >= 15 is 0 Å². The van der Waals surface area contributed by atoms with Crippen LogP contribution in [0.25, 0.3) is 0 Å². The van der Waals surface area contributed by atoms with E-state index in [9.17, 15) is 23.1 Å². The third kappa shape index (κ3) is 2.97. The number of carboxylic acid groups (broad SMARTS) is 1. The molecule has 3 rings (SSSR count). The lowest BCUT2D eigenvalue weighted by Crippen LogP contribution is -2.38. The molecule has 1 heterocycles. The van der Waals surface area contributed by atoms with Crippen LogP contribution in [-0.2, 0) is 19.4 Å². The summed E-state index contributed by atoms with van der Waals surface area (Å²) in [7, 11) is -3.48. The van der Waals surface area contributed by atoms with Crippen molar-refractivity contribution < 1.29 is 23.1 Å². The molecule has 124 valence electrons. The van der Waals surface area contributed by atoms with Gasteiger partial charge in [-0.3, -0.25) is 9.59 Å². The largest absolute Gasteiger partial charge is 0.481 e. The van der Waals surface area contributed by atoms with Gasteiger partial charge >= 0.3 is 5.97 Å². The van der Waals surface area contributed by atoms with E-state index in [1.54, 1.807) is 24.3 Å². The van der Waals surface area contributed by atoms with E-state index in [1.165, 1.54) is 4.90 Å². The van der Waals surface area contributed by atoms with Crippen LogP contribution in [0.5, 0.6) is 0 Å². The number of nitrogens with zero attached hydrogens (tertiary/aromatic N) is 1. The number of amides is 1. The maximum atomic E-state index is 12.5. The van der Waals surface area contributed by atoms with Crippen LogP contribution < -0.4 is 4.90 Å². The molecule has 6 nitrogen and oxygen atoms in total. The molecule has 0 radical (unpaired) electrons. The normalized spacial score (nSPS) is 21.4. The van der Waals surface area contributed by atoms with E-state index in [-0.39, 0.29) is 6.54 Å². The number of hydrogen-bond donors (Lipinski definition) is 1. The fourth-order valence-corrected chi connectivity index (χ4v) is 5.26. The number of rotatable bonds is 4. The number of anilines is 1. The average molecular weight is 337 g/mol. The molecule has 7 heteroatoms. The van der Waals surface area contributed by atoms with Crippen LogP contribution in [-0.4, -0.2) is 42.9 Å². The maximum Gasteiger partial charge on any atom is 0.312 e. The molecular weight excluding hydrogens is 318 g/mol. The van der Waals surface area contributed by atoms with Crippen molar-refractivity contribution in [3.8, 4) is 0 Å². The minimum absolute atomic E-state index is 0.00625. The average Bonchev–Trinajstić information content (AvgIpc) is 3.15. The summed E-state index contributed by atoms with van der Waals surface area (Å²) < 4.78 is 24.7. The van der Waals surface area contributed by atoms with Gasteiger partial charge in [-0.05, 0) is 24.5 Å². The Morgan fingerprint density at radius 3 is 2.48 bits per heavy atom. The zero-order valence-electron chi connectivity index (χ0n) is 12.6. The zero-order valence-corrected chi connectivity index (χ0v) is 13.5. The Morgan fingerprint density at radius 2 is 1.83 bits per heavy atom. The Kier molecular flexibility index (Phi) is 4.14. The zero-order chi connectivity index (χ0) is 16.6. The molecule has 0 saturated heterocycles. The molecule has 1 N–H and O–H groups in total. The van der Waals surface area contributed by atoms with Crippen LogP contribution in [0.3, 0.4) is 0 Å². The molecule has 1 aliphatic carbocycles. The molecule has 1 amide bonds. The predicted octanol–water partition coefficient (Wildman–Crippen LogP) is 1.56. The fourth-order valence-electron chi connectivity index (χ4n) is 3.47. The van der Waals surface area contributed by atoms with Crippen LogP contribution in [0.2, 0.25) is 0 Å². The molecular formula is C16H19NO5S. The third-order valence-corrected chi connectivity index (χ3v) is 6.84. The third-order valence-electron chi connectivity index (χ3n) is 4.70. The molecule has 1 aliphatic heterocycles. The van der Waals surface area contributed by atoms with Gasteiger partial charge in [-0.2, -0.15) is 0 Å². The summed E-state index contributed by atoms with van der Waals surface area (Å²) in [6.07, 6.45) is 2.99. The van der Waals surface area contributed by atoms with Gasteiger partial charge in [0.15, 0.2) is 9.84 Å². The van der Waals surface area contributed by atoms with E-state index < -0.39 is 38.6 Å². The molecule has 23 heavy (non-hydrogen) atoms. The second-order valence-corrected chi connectivity index (χ2v) is 8.45. The van der Waals surface area contributed by atoms with Crippen molar-refractivity contribution in [3.63, 3.8) is 0 Å². The summed E-state index contributed by atoms with van der Waals surface area (Å²) in [5.74, 6) is -2.89. The first-order chi connectivity index (χ1) is 10.9. The molecule has 0 bridgehead atoms. The van der Waals surface area contributed by atoms with Gasteiger partial charge in [0.05, 0.1) is 5.25 Å². The first kappa shape index (κ1) is 16.0. The molecule has 1 aromatic rings. The lowest BCUT2D eigenvalue weighted by Gasteiger charge is -2.19. The summed E-state index contributed by atoms with van der Waals surface area (Å²) in [6, 6.07) is 6.78. The smallest absolute Gasteiger partial charge is 0.312 e. The fraction of sp³-hybridized carbons (Fsp3) is 0.500. The lowest BCUT2D eigenvalue weighted by atomic mass is 10.0. The van der Waals surface area contributed by atoms with E-state index in [1.807, 2.05) is 0 Å². The summed E-state index contributed by atoms with van der Waals surface area (Å²) >= 11 is 0. The Balaban J connectivity index is 1.82. The highest BCUT2D eigenvalue weighted by atomic mass is 32.2. The summed E-state index contributed by atoms with van der Waals surface area (Å²) in [6.45, 7) is -0.00625. The number of carbonyl (C=O) groups excluding carboxylic acids is 1. The van der Waals surface area contributed by atoms with Gasteiger partial charge in [-0.25, -0.2) is 8.42 Å². The van der Waals surface area contributed by atoms with Gasteiger partial charge < -0.3 is 10.0 Å². The second kappa shape index (κ2) is 5.96. The van der Waals surface area contributed by atoms with Crippen molar-refractivity contribution >= 4 is 27.4 Å². The number of benzene rings is 1. The number of hydrogen-bond acceptors (Lipinski definition) is 4. The van der Waals surface area contributed by atoms with Crippen molar-refractivity contribution in [1.82, 2.24) is 0 Å². The van der Waals surface area contributed by atoms with Crippen LogP contribution >= 0.6 is 0 Å². The van der Waals surface area contributed by atoms with Crippen molar-refractivity contribution in [2.24, 2.45) is 0 Å². The van der Waals surface area contributed by atoms with Crippen LogP contribution in [0.1, 0.15) is 37.2 Å². The second-order valence-electron chi connectivity index (χ2n) is 6.17. The molecule has 1 saturated carbocycles. The number of carboxylic acids is 1. The standard InChI is InChI=1S/C16H19NO5S/c18-15(10-23(21,22)11-5-1-2-6-11)17-9-13(16(19)20)12-7-3-4-8-14(12)17/h3-4,7-8,11,13H,1-2,5-6,9-10H2,(H,19,20). The lowest BCUT2D eigenvalue weighted by molar-refractivity contribution is -0.138. The topological polar surface area (TPSA) is 91.8 Å². The predicted molar refractivity (Wildman–Crippen MR) is 85.2 cm³/mol. The highest BCUT2D eigenvalue weighted by molar-refractivity contribution is 7.92. The molecule has 0 spiro atoms. The van der Waals surface area contributed by atoms with E-state index in [2.05, 4.69) is 0 Å². The first-order valence-corrected chi connectivity index (χ1v) is 9.45. The van der Waals surface area contributed by atoms with Gasteiger partial charge in [0.1, 0.15) is 11.7 Å². The van der Waals surface area contributed by atoms with E-state index in [0.717, 1.165) is 12.8 Å². The van der Waals surface area contributed by atoms with E-state index in [4.69, 9.17) is 0 Å². The van der Waals surface area contributed by atoms with Gasteiger partial charge in [-0.15, -0.1) is 0 Å². The van der Waals surface area contributed by atoms with Gasteiger partial charge in [0, 0.05) is 12.2 Å². The van der Waals surface area contributed by atoms with Crippen LogP contribution in [0.15, 0.2) is 24.3 Å². The highest BCUT2D eigenvalue weighted by Crippen LogP contribution is 2.36. The minimum atomic E-state index is -3.48. The number of sulfone groups is 1. The van der Waals surface area contributed by atoms with Gasteiger partial charge in [0.25, 0.3) is 0 Å². The number of para-hydroxylation sites is 1. The number of aliphatic carboxylic acids is 1. The highest BCUT2D eigenvalue weighted by Gasteiger charge is 2.39. The van der Waals surface area contributed by atoms with Crippen molar-refractivity contribution in [3.05, 3.63) is 29.8 Å². The minimum Gasteiger partial charge on any atom is -0.481 e. The van der Waals surface area contributed by atoms with Crippen molar-refractivity contribution in [2.75, 3.05) is 17.2 Å². The molecule has 1 unspecified atom stereocenters. The Hall–Kier alpha value is -1.89. The maximum absolute atomic E-state index is 12.5. The quantitative estimate of drug-likeness (QED) is 0.900. The van der Waals surface area contributed by atoms with Gasteiger partial charge in [-0.1, -0.05) is 31.0 Å². The summed E-state index contributed by atoms with van der Waals surface area (Å²) in [5, 5.41) is 8.88. The molecule has 2 aliphatic rings. The Bertz CT molecular complexity index is 737. The van der Waals surface area contributed by atoms with Crippen LogP contribution in [0.4, 0.5) is 5.69 Å². The van der Waals surface area contributed by atoms with Crippen LogP contribution in [0, 0.1) is 0 Å². The Morgan fingerprint density at radius 1 is 1.17 bits per heavy atom. The van der Waals surface area contributed by atoms with Crippen molar-refractivity contribution in [1.29, 1.82) is 0 Å². The summed E-state index contributed by atoms with van der Waals surface area (Å²) in [4.78, 5) is 25.2.